The van der Waals surface area contributed by atoms with E-state index < -0.39 is 16.4 Å². The van der Waals surface area contributed by atoms with Crippen molar-refractivity contribution in [3.8, 4) is 5.75 Å². The van der Waals surface area contributed by atoms with Crippen LogP contribution in [0.5, 0.6) is 5.75 Å². The molecule has 0 bridgehead atoms. The van der Waals surface area contributed by atoms with Gasteiger partial charge in [0.1, 0.15) is 11.3 Å². The topological polar surface area (TPSA) is 104 Å². The number of nitro groups is 1. The highest BCUT2D eigenvalue weighted by Gasteiger charge is 2.36. The van der Waals surface area contributed by atoms with Gasteiger partial charge in [0.05, 0.1) is 10.5 Å². The van der Waals surface area contributed by atoms with Gasteiger partial charge in [-0.2, -0.15) is 0 Å². The van der Waals surface area contributed by atoms with Crippen LogP contribution in [0.1, 0.15) is 23.7 Å². The molecular weight excluding hydrogens is 252 g/mol. The lowest BCUT2D eigenvalue weighted by Gasteiger charge is -2.19. The maximum atomic E-state index is 12.2. The third-order valence-electron chi connectivity index (χ3n) is 3.15. The Bertz CT molecular complexity index is 541. The Labute approximate surface area is 109 Å². The molecule has 2 N–H and O–H groups in total. The van der Waals surface area contributed by atoms with Crippen molar-refractivity contribution in [2.75, 3.05) is 13.1 Å². The van der Waals surface area contributed by atoms with Crippen molar-refractivity contribution in [2.24, 2.45) is 0 Å². The number of phenolic OH excluding ortho intramolecular Hbond substituents is 1. The van der Waals surface area contributed by atoms with Gasteiger partial charge >= 0.3 is 0 Å². The fourth-order valence-electron chi connectivity index (χ4n) is 2.14. The number of β-amino-alcohol motifs (C(OH)–C–C–N with tert-alkyl or cyclic N) is 1. The zero-order valence-electron chi connectivity index (χ0n) is 10.4. The predicted molar refractivity (Wildman–Crippen MR) is 65.9 cm³/mol. The first-order valence-corrected chi connectivity index (χ1v) is 5.79. The number of carbonyl (C=O) groups is 1. The second kappa shape index (κ2) is 4.51. The zero-order valence-corrected chi connectivity index (χ0v) is 10.4. The Morgan fingerprint density at radius 3 is 2.74 bits per heavy atom. The summed E-state index contributed by atoms with van der Waals surface area (Å²) in [6.07, 6.45) is 0.422. The number of phenols is 1. The maximum absolute atomic E-state index is 12.2. The second-order valence-electron chi connectivity index (χ2n) is 4.93. The van der Waals surface area contributed by atoms with Crippen LogP contribution in [0.15, 0.2) is 18.2 Å². The van der Waals surface area contributed by atoms with Gasteiger partial charge in [-0.3, -0.25) is 14.9 Å². The summed E-state index contributed by atoms with van der Waals surface area (Å²) in [6.45, 7) is 2.06. The number of aliphatic hydroxyl groups is 1. The predicted octanol–water partition coefficient (Wildman–Crippen LogP) is 0.897. The van der Waals surface area contributed by atoms with Crippen LogP contribution in [-0.2, 0) is 0 Å². The van der Waals surface area contributed by atoms with E-state index in [1.165, 1.54) is 4.90 Å². The summed E-state index contributed by atoms with van der Waals surface area (Å²) in [5.41, 5.74) is -1.49. The van der Waals surface area contributed by atoms with Crippen molar-refractivity contribution in [3.05, 3.63) is 33.9 Å². The molecule has 2 rings (SSSR count). The van der Waals surface area contributed by atoms with Gasteiger partial charge in [0.15, 0.2) is 0 Å². The van der Waals surface area contributed by atoms with Gasteiger partial charge in [0.2, 0.25) is 0 Å². The standard InChI is InChI=1S/C12H14N2O5/c1-12(17)4-5-13(7-12)11(16)9-6-8(15)2-3-10(9)14(18)19/h2-3,6,15,17H,4-5,7H2,1H3. The molecule has 7 heteroatoms. The molecule has 0 spiro atoms. The molecule has 19 heavy (non-hydrogen) atoms. The summed E-state index contributed by atoms with van der Waals surface area (Å²) in [5.74, 6) is -0.764. The van der Waals surface area contributed by atoms with Gasteiger partial charge in [-0.25, -0.2) is 0 Å². The summed E-state index contributed by atoms with van der Waals surface area (Å²) in [4.78, 5) is 23.8. The molecule has 0 saturated carbocycles. The summed E-state index contributed by atoms with van der Waals surface area (Å²) < 4.78 is 0. The van der Waals surface area contributed by atoms with E-state index >= 15 is 0 Å². The number of nitro benzene ring substituents is 1. The largest absolute Gasteiger partial charge is 0.508 e. The van der Waals surface area contributed by atoms with Gasteiger partial charge in [-0.05, 0) is 25.5 Å². The third kappa shape index (κ3) is 2.65. The number of aromatic hydroxyl groups is 1. The summed E-state index contributed by atoms with van der Waals surface area (Å²) in [5, 5.41) is 30.1. The molecule has 1 aliphatic heterocycles. The van der Waals surface area contributed by atoms with E-state index in [1.807, 2.05) is 0 Å². The smallest absolute Gasteiger partial charge is 0.282 e. The molecule has 0 aliphatic carbocycles. The average molecular weight is 266 g/mol. The van der Waals surface area contributed by atoms with Crippen LogP contribution in [0.3, 0.4) is 0 Å². The van der Waals surface area contributed by atoms with Crippen LogP contribution >= 0.6 is 0 Å². The monoisotopic (exact) mass is 266 g/mol. The number of rotatable bonds is 2. The van der Waals surface area contributed by atoms with Crippen LogP contribution in [0.2, 0.25) is 0 Å². The zero-order chi connectivity index (χ0) is 14.2. The average Bonchev–Trinajstić information content (AvgIpc) is 2.68. The van der Waals surface area contributed by atoms with Crippen molar-refractivity contribution in [1.29, 1.82) is 0 Å². The van der Waals surface area contributed by atoms with Crippen molar-refractivity contribution in [1.82, 2.24) is 4.90 Å². The lowest BCUT2D eigenvalue weighted by Crippen LogP contribution is -2.34. The molecule has 0 aromatic heterocycles. The first-order valence-electron chi connectivity index (χ1n) is 5.79. The number of benzene rings is 1. The van der Waals surface area contributed by atoms with E-state index in [2.05, 4.69) is 0 Å². The van der Waals surface area contributed by atoms with Crippen LogP contribution in [0.25, 0.3) is 0 Å². The lowest BCUT2D eigenvalue weighted by atomic mass is 10.1. The van der Waals surface area contributed by atoms with Crippen LogP contribution < -0.4 is 0 Å². The summed E-state index contributed by atoms with van der Waals surface area (Å²) in [7, 11) is 0. The molecule has 1 aliphatic rings. The summed E-state index contributed by atoms with van der Waals surface area (Å²) >= 11 is 0. The highest BCUT2D eigenvalue weighted by atomic mass is 16.6. The highest BCUT2D eigenvalue weighted by molar-refractivity contribution is 5.98. The molecule has 7 nitrogen and oxygen atoms in total. The first kappa shape index (κ1) is 13.3. The molecule has 1 atom stereocenters. The molecule has 1 saturated heterocycles. The van der Waals surface area contributed by atoms with Gasteiger partial charge in [-0.15, -0.1) is 0 Å². The molecule has 1 aromatic carbocycles. The maximum Gasteiger partial charge on any atom is 0.282 e. The van der Waals surface area contributed by atoms with E-state index in [-0.39, 0.29) is 23.5 Å². The minimum atomic E-state index is -0.971. The van der Waals surface area contributed by atoms with Crippen LogP contribution in [-0.4, -0.2) is 44.6 Å². The van der Waals surface area contributed by atoms with Gasteiger partial charge in [0.25, 0.3) is 11.6 Å². The molecule has 0 radical (unpaired) electrons. The van der Waals surface area contributed by atoms with Crippen molar-refractivity contribution < 1.29 is 19.9 Å². The van der Waals surface area contributed by atoms with E-state index in [4.69, 9.17) is 0 Å². The van der Waals surface area contributed by atoms with E-state index in [0.29, 0.717) is 13.0 Å². The fourth-order valence-corrected chi connectivity index (χ4v) is 2.14. The normalized spacial score (nSPS) is 22.5. The quantitative estimate of drug-likeness (QED) is 0.611. The molecule has 1 heterocycles. The van der Waals surface area contributed by atoms with Crippen LogP contribution in [0, 0.1) is 10.1 Å². The van der Waals surface area contributed by atoms with Crippen molar-refractivity contribution in [2.45, 2.75) is 18.9 Å². The summed E-state index contributed by atoms with van der Waals surface area (Å²) in [6, 6.07) is 3.33. The Kier molecular flexibility index (Phi) is 3.15. The number of amides is 1. The first-order chi connectivity index (χ1) is 8.80. The van der Waals surface area contributed by atoms with E-state index in [1.54, 1.807) is 6.92 Å². The Morgan fingerprint density at radius 2 is 2.21 bits per heavy atom. The Hall–Kier alpha value is -2.15. The van der Waals surface area contributed by atoms with Gasteiger partial charge in [0, 0.05) is 19.2 Å². The van der Waals surface area contributed by atoms with E-state index in [9.17, 15) is 25.1 Å². The second-order valence-corrected chi connectivity index (χ2v) is 4.93. The van der Waals surface area contributed by atoms with Gasteiger partial charge in [-0.1, -0.05) is 0 Å². The molecule has 102 valence electrons. The van der Waals surface area contributed by atoms with Crippen molar-refractivity contribution in [3.63, 3.8) is 0 Å². The lowest BCUT2D eigenvalue weighted by molar-refractivity contribution is -0.385. The molecule has 1 aromatic rings. The number of carbonyl (C=O) groups excluding carboxylic acids is 1. The molecule has 1 unspecified atom stereocenters. The highest BCUT2D eigenvalue weighted by Crippen LogP contribution is 2.28. The number of hydrogen-bond donors (Lipinski definition) is 2. The number of likely N-dealkylation sites (tertiary alicyclic amines) is 1. The minimum Gasteiger partial charge on any atom is -0.508 e. The van der Waals surface area contributed by atoms with Gasteiger partial charge < -0.3 is 15.1 Å². The fraction of sp³-hybridized carbons (Fsp3) is 0.417. The Balaban J connectivity index is 2.34. The molecule has 1 fully saturated rings. The number of hydrogen-bond acceptors (Lipinski definition) is 5. The molecule has 1 amide bonds. The molecular formula is C12H14N2O5. The van der Waals surface area contributed by atoms with Crippen molar-refractivity contribution >= 4 is 11.6 Å². The van der Waals surface area contributed by atoms with E-state index in [0.717, 1.165) is 18.2 Å². The third-order valence-corrected chi connectivity index (χ3v) is 3.15. The minimum absolute atomic E-state index is 0.124. The SMILES string of the molecule is CC1(O)CCN(C(=O)c2cc(O)ccc2[N+](=O)[O-])C1. The van der Waals surface area contributed by atoms with Crippen LogP contribution in [0.4, 0.5) is 5.69 Å². The Morgan fingerprint density at radius 1 is 1.53 bits per heavy atom. The number of nitrogens with zero attached hydrogens (tertiary/aromatic N) is 2.